The molecule has 3 nitrogen and oxygen atoms in total. The minimum atomic E-state index is -0.123. The number of unbranched alkanes of at least 4 members (excludes halogenated alkanes) is 3. The SMILES string of the molecule is CCCCCCOC(=O)C(CC)Cc1ccc(O)c(C(C)(C)C)c1. The molecule has 0 radical (unpaired) electrons. The van der Waals surface area contributed by atoms with Gasteiger partial charge in [0.25, 0.3) is 0 Å². The van der Waals surface area contributed by atoms with E-state index in [1.165, 1.54) is 12.8 Å². The summed E-state index contributed by atoms with van der Waals surface area (Å²) in [5.41, 5.74) is 1.87. The lowest BCUT2D eigenvalue weighted by Gasteiger charge is -2.22. The Kier molecular flexibility index (Phi) is 8.30. The Bertz CT molecular complexity index is 514. The predicted molar refractivity (Wildman–Crippen MR) is 99.4 cm³/mol. The number of phenolic OH excluding ortho intramolecular Hbond substituents is 1. The van der Waals surface area contributed by atoms with Crippen LogP contribution in [0.5, 0.6) is 5.75 Å². The van der Waals surface area contributed by atoms with Crippen LogP contribution < -0.4 is 0 Å². The average molecular weight is 335 g/mol. The molecular weight excluding hydrogens is 300 g/mol. The molecule has 1 aromatic rings. The number of benzene rings is 1. The van der Waals surface area contributed by atoms with Crippen LogP contribution in [-0.4, -0.2) is 17.7 Å². The molecule has 1 aromatic carbocycles. The van der Waals surface area contributed by atoms with Gasteiger partial charge in [-0.15, -0.1) is 0 Å². The molecule has 0 spiro atoms. The number of rotatable bonds is 9. The number of carbonyl (C=O) groups is 1. The van der Waals surface area contributed by atoms with Gasteiger partial charge in [0.05, 0.1) is 12.5 Å². The van der Waals surface area contributed by atoms with E-state index in [1.807, 2.05) is 19.1 Å². The molecule has 0 aliphatic carbocycles. The van der Waals surface area contributed by atoms with E-state index in [4.69, 9.17) is 4.74 Å². The highest BCUT2D eigenvalue weighted by molar-refractivity contribution is 5.72. The van der Waals surface area contributed by atoms with Gasteiger partial charge in [0, 0.05) is 0 Å². The third-order valence-corrected chi connectivity index (χ3v) is 4.42. The molecule has 0 aromatic heterocycles. The van der Waals surface area contributed by atoms with Crippen molar-refractivity contribution in [3.8, 4) is 5.75 Å². The zero-order chi connectivity index (χ0) is 18.2. The Labute approximate surface area is 147 Å². The summed E-state index contributed by atoms with van der Waals surface area (Å²) in [6.45, 7) is 10.9. The molecule has 0 amide bonds. The highest BCUT2D eigenvalue weighted by Gasteiger charge is 2.22. The van der Waals surface area contributed by atoms with Crippen LogP contribution in [0.25, 0.3) is 0 Å². The van der Waals surface area contributed by atoms with Gasteiger partial charge in [-0.05, 0) is 41.9 Å². The second-order valence-electron chi connectivity index (χ2n) is 7.64. The van der Waals surface area contributed by atoms with Crippen molar-refractivity contribution < 1.29 is 14.6 Å². The van der Waals surface area contributed by atoms with Gasteiger partial charge in [-0.1, -0.05) is 66.0 Å². The van der Waals surface area contributed by atoms with Crippen molar-refractivity contribution in [2.45, 2.75) is 78.6 Å². The van der Waals surface area contributed by atoms with Gasteiger partial charge in [-0.3, -0.25) is 4.79 Å². The zero-order valence-electron chi connectivity index (χ0n) is 16.0. The van der Waals surface area contributed by atoms with E-state index in [9.17, 15) is 9.90 Å². The number of aromatic hydroxyl groups is 1. The van der Waals surface area contributed by atoms with Gasteiger partial charge in [0.15, 0.2) is 0 Å². The van der Waals surface area contributed by atoms with E-state index in [1.54, 1.807) is 6.07 Å². The first-order chi connectivity index (χ1) is 11.3. The van der Waals surface area contributed by atoms with Crippen molar-refractivity contribution in [2.75, 3.05) is 6.61 Å². The van der Waals surface area contributed by atoms with E-state index in [0.717, 1.165) is 30.4 Å². The van der Waals surface area contributed by atoms with Crippen LogP contribution in [0.2, 0.25) is 0 Å². The normalized spacial score (nSPS) is 12.9. The molecule has 0 saturated heterocycles. The van der Waals surface area contributed by atoms with Gasteiger partial charge >= 0.3 is 5.97 Å². The molecule has 24 heavy (non-hydrogen) atoms. The largest absolute Gasteiger partial charge is 0.508 e. The third-order valence-electron chi connectivity index (χ3n) is 4.42. The summed E-state index contributed by atoms with van der Waals surface area (Å²) < 4.78 is 5.45. The summed E-state index contributed by atoms with van der Waals surface area (Å²) in [7, 11) is 0. The molecule has 1 atom stereocenters. The quantitative estimate of drug-likeness (QED) is 0.487. The fourth-order valence-corrected chi connectivity index (χ4v) is 2.81. The second-order valence-corrected chi connectivity index (χ2v) is 7.64. The molecule has 136 valence electrons. The molecule has 1 rings (SSSR count). The maximum Gasteiger partial charge on any atom is 0.309 e. The van der Waals surface area contributed by atoms with Crippen molar-refractivity contribution in [3.05, 3.63) is 29.3 Å². The summed E-state index contributed by atoms with van der Waals surface area (Å²) in [6.07, 6.45) is 5.87. The highest BCUT2D eigenvalue weighted by Crippen LogP contribution is 2.32. The smallest absolute Gasteiger partial charge is 0.309 e. The van der Waals surface area contributed by atoms with Gasteiger partial charge in [-0.2, -0.15) is 0 Å². The minimum Gasteiger partial charge on any atom is -0.508 e. The predicted octanol–water partition coefficient (Wildman–Crippen LogP) is 5.38. The van der Waals surface area contributed by atoms with Crippen LogP contribution in [0.1, 0.15) is 77.8 Å². The number of carbonyl (C=O) groups excluding carboxylic acids is 1. The Hall–Kier alpha value is -1.51. The van der Waals surface area contributed by atoms with Crippen LogP contribution in [0.4, 0.5) is 0 Å². The zero-order valence-corrected chi connectivity index (χ0v) is 16.0. The van der Waals surface area contributed by atoms with Crippen LogP contribution >= 0.6 is 0 Å². The Balaban J connectivity index is 2.66. The van der Waals surface area contributed by atoms with E-state index < -0.39 is 0 Å². The van der Waals surface area contributed by atoms with Crippen molar-refractivity contribution >= 4 is 5.97 Å². The number of hydrogen-bond donors (Lipinski definition) is 1. The molecule has 1 N–H and O–H groups in total. The topological polar surface area (TPSA) is 46.5 Å². The summed E-state index contributed by atoms with van der Waals surface area (Å²) >= 11 is 0. The average Bonchev–Trinajstić information content (AvgIpc) is 2.52. The van der Waals surface area contributed by atoms with Crippen LogP contribution in [0, 0.1) is 5.92 Å². The van der Waals surface area contributed by atoms with Gasteiger partial charge in [0.2, 0.25) is 0 Å². The maximum atomic E-state index is 12.3. The van der Waals surface area contributed by atoms with E-state index in [-0.39, 0.29) is 17.3 Å². The molecule has 0 aliphatic heterocycles. The van der Waals surface area contributed by atoms with Gasteiger partial charge < -0.3 is 9.84 Å². The highest BCUT2D eigenvalue weighted by atomic mass is 16.5. The molecule has 1 unspecified atom stereocenters. The first kappa shape index (κ1) is 20.5. The Morgan fingerprint density at radius 3 is 2.46 bits per heavy atom. The van der Waals surface area contributed by atoms with Crippen molar-refractivity contribution in [3.63, 3.8) is 0 Å². The number of ether oxygens (including phenoxy) is 1. The molecule has 3 heteroatoms. The third kappa shape index (κ3) is 6.54. The lowest BCUT2D eigenvalue weighted by Crippen LogP contribution is -2.20. The first-order valence-corrected chi connectivity index (χ1v) is 9.28. The van der Waals surface area contributed by atoms with Crippen molar-refractivity contribution in [2.24, 2.45) is 5.92 Å². The molecule has 0 bridgehead atoms. The summed E-state index contributed by atoms with van der Waals surface area (Å²) in [6, 6.07) is 5.66. The van der Waals surface area contributed by atoms with E-state index in [0.29, 0.717) is 18.8 Å². The maximum absolute atomic E-state index is 12.3. The molecule has 0 heterocycles. The summed E-state index contributed by atoms with van der Waals surface area (Å²) in [5, 5.41) is 10.1. The van der Waals surface area contributed by atoms with E-state index in [2.05, 4.69) is 27.7 Å². The fraction of sp³-hybridized carbons (Fsp3) is 0.667. The van der Waals surface area contributed by atoms with E-state index >= 15 is 0 Å². The molecular formula is C21H34O3. The number of phenols is 1. The summed E-state index contributed by atoms with van der Waals surface area (Å²) in [4.78, 5) is 12.3. The number of hydrogen-bond acceptors (Lipinski definition) is 3. The lowest BCUT2D eigenvalue weighted by atomic mass is 9.84. The first-order valence-electron chi connectivity index (χ1n) is 9.28. The monoisotopic (exact) mass is 334 g/mol. The van der Waals surface area contributed by atoms with Crippen LogP contribution in [0.3, 0.4) is 0 Å². The molecule has 0 saturated carbocycles. The molecule has 0 fully saturated rings. The minimum absolute atomic E-state index is 0.0978. The van der Waals surface area contributed by atoms with Crippen LogP contribution in [0.15, 0.2) is 18.2 Å². The standard InChI is InChI=1S/C21H34O3/c1-6-8-9-10-13-24-20(23)17(7-2)14-16-11-12-19(22)18(15-16)21(3,4)5/h11-12,15,17,22H,6-10,13-14H2,1-5H3. The molecule has 0 aliphatic rings. The van der Waals surface area contributed by atoms with Crippen LogP contribution in [-0.2, 0) is 21.4 Å². The van der Waals surface area contributed by atoms with Crippen molar-refractivity contribution in [1.82, 2.24) is 0 Å². The lowest BCUT2D eigenvalue weighted by molar-refractivity contribution is -0.148. The van der Waals surface area contributed by atoms with Gasteiger partial charge in [0.1, 0.15) is 5.75 Å². The Morgan fingerprint density at radius 2 is 1.88 bits per heavy atom. The van der Waals surface area contributed by atoms with Gasteiger partial charge in [-0.25, -0.2) is 0 Å². The second kappa shape index (κ2) is 9.71. The van der Waals surface area contributed by atoms with Crippen molar-refractivity contribution in [1.29, 1.82) is 0 Å². The number of esters is 1. The summed E-state index contributed by atoms with van der Waals surface area (Å²) in [5.74, 6) is 0.103. The fourth-order valence-electron chi connectivity index (χ4n) is 2.81. The Morgan fingerprint density at radius 1 is 1.17 bits per heavy atom.